The molecule has 2 unspecified atom stereocenters. The number of benzene rings is 2. The first kappa shape index (κ1) is 18.0. The topological polar surface area (TPSA) is 37.4 Å². The van der Waals surface area contributed by atoms with Crippen LogP contribution in [0.4, 0.5) is 4.39 Å². The molecule has 2 atom stereocenters. The Morgan fingerprint density at radius 1 is 0.923 bits per heavy atom. The van der Waals surface area contributed by atoms with Crippen LogP contribution in [0.15, 0.2) is 53.4 Å². The molecule has 2 fully saturated rings. The van der Waals surface area contributed by atoms with Gasteiger partial charge in [-0.25, -0.2) is 12.8 Å². The lowest BCUT2D eigenvalue weighted by Gasteiger charge is -2.37. The molecule has 3 nitrogen and oxygen atoms in total. The molecule has 0 radical (unpaired) electrons. The highest BCUT2D eigenvalue weighted by Gasteiger charge is 2.46. The smallest absolute Gasteiger partial charge is 0.207 e. The second kappa shape index (κ2) is 6.98. The van der Waals surface area contributed by atoms with E-state index < -0.39 is 10.0 Å². The molecule has 0 aromatic heterocycles. The van der Waals surface area contributed by atoms with E-state index in [2.05, 4.69) is 6.26 Å². The summed E-state index contributed by atoms with van der Waals surface area (Å²) in [5.74, 6) is -0.280. The van der Waals surface area contributed by atoms with Crippen LogP contribution >= 0.6 is 11.8 Å². The van der Waals surface area contributed by atoms with Crippen LogP contribution in [-0.2, 0) is 10.0 Å². The van der Waals surface area contributed by atoms with Gasteiger partial charge < -0.3 is 0 Å². The van der Waals surface area contributed by atoms with Crippen LogP contribution in [-0.4, -0.2) is 36.3 Å². The molecule has 2 bridgehead atoms. The van der Waals surface area contributed by atoms with Gasteiger partial charge in [0.25, 0.3) is 0 Å². The van der Waals surface area contributed by atoms with Crippen molar-refractivity contribution in [2.45, 2.75) is 47.9 Å². The van der Waals surface area contributed by atoms with Crippen molar-refractivity contribution < 1.29 is 12.8 Å². The lowest BCUT2D eigenvalue weighted by molar-refractivity contribution is 0.253. The van der Waals surface area contributed by atoms with Gasteiger partial charge in [0, 0.05) is 17.3 Å². The number of nitrogens with zero attached hydrogens (tertiary/aromatic N) is 1. The van der Waals surface area contributed by atoms with Gasteiger partial charge in [0.05, 0.1) is 4.90 Å². The van der Waals surface area contributed by atoms with E-state index in [1.165, 1.54) is 12.1 Å². The fourth-order valence-electron chi connectivity index (χ4n) is 4.25. The summed E-state index contributed by atoms with van der Waals surface area (Å²) in [5.41, 5.74) is 1.75. The maximum absolute atomic E-state index is 13.2. The van der Waals surface area contributed by atoms with Gasteiger partial charge in [-0.15, -0.1) is 0 Å². The number of thioether (sulfide) groups is 1. The van der Waals surface area contributed by atoms with Crippen molar-refractivity contribution in [3.63, 3.8) is 0 Å². The molecular weight excluding hydrogens is 369 g/mol. The van der Waals surface area contributed by atoms with E-state index in [0.29, 0.717) is 10.1 Å². The van der Waals surface area contributed by atoms with Crippen molar-refractivity contribution in [3.05, 3.63) is 54.3 Å². The van der Waals surface area contributed by atoms with Gasteiger partial charge >= 0.3 is 0 Å². The Labute approximate surface area is 158 Å². The predicted octanol–water partition coefficient (Wildman–Crippen LogP) is 4.54. The van der Waals surface area contributed by atoms with Crippen molar-refractivity contribution in [2.75, 3.05) is 6.26 Å². The van der Waals surface area contributed by atoms with Crippen molar-refractivity contribution in [3.8, 4) is 11.1 Å². The number of halogens is 1. The highest BCUT2D eigenvalue weighted by Crippen LogP contribution is 2.42. The first-order chi connectivity index (χ1) is 12.5. The van der Waals surface area contributed by atoms with Gasteiger partial charge in [-0.1, -0.05) is 24.3 Å². The molecule has 6 heteroatoms. The Hall–Kier alpha value is -1.37. The average molecular weight is 392 g/mol. The highest BCUT2D eigenvalue weighted by atomic mass is 32.2. The quantitative estimate of drug-likeness (QED) is 0.768. The fraction of sp³-hybridized carbons (Fsp3) is 0.400. The third-order valence-corrected chi connectivity index (χ3v) is 8.63. The van der Waals surface area contributed by atoms with E-state index in [1.807, 2.05) is 11.8 Å². The summed E-state index contributed by atoms with van der Waals surface area (Å²) >= 11 is 1.85. The van der Waals surface area contributed by atoms with Crippen molar-refractivity contribution in [2.24, 2.45) is 0 Å². The van der Waals surface area contributed by atoms with Crippen molar-refractivity contribution in [1.82, 2.24) is 4.31 Å². The van der Waals surface area contributed by atoms with Crippen LogP contribution in [0.25, 0.3) is 11.1 Å². The van der Waals surface area contributed by atoms with Gasteiger partial charge in [0.2, 0.25) is 10.0 Å². The Morgan fingerprint density at radius 2 is 1.42 bits per heavy atom. The van der Waals surface area contributed by atoms with E-state index in [0.717, 1.165) is 36.8 Å². The zero-order valence-corrected chi connectivity index (χ0v) is 16.3. The molecule has 26 heavy (non-hydrogen) atoms. The van der Waals surface area contributed by atoms with Crippen LogP contribution in [0.3, 0.4) is 0 Å². The van der Waals surface area contributed by atoms with E-state index in [4.69, 9.17) is 0 Å². The Bertz CT molecular complexity index is 867. The monoisotopic (exact) mass is 391 g/mol. The number of hydrogen-bond acceptors (Lipinski definition) is 3. The Kier molecular flexibility index (Phi) is 4.84. The third-order valence-electron chi connectivity index (χ3n) is 5.56. The molecule has 2 aliphatic heterocycles. The summed E-state index contributed by atoms with van der Waals surface area (Å²) in [7, 11) is -3.47. The predicted molar refractivity (Wildman–Crippen MR) is 104 cm³/mol. The molecule has 0 aliphatic carbocycles. The molecule has 0 spiro atoms. The molecular formula is C20H22FNO2S2. The lowest BCUT2D eigenvalue weighted by Crippen LogP contribution is -2.47. The van der Waals surface area contributed by atoms with Gasteiger partial charge in [-0.05, 0) is 67.3 Å². The first-order valence-corrected chi connectivity index (χ1v) is 11.6. The van der Waals surface area contributed by atoms with E-state index in [-0.39, 0.29) is 17.9 Å². The van der Waals surface area contributed by atoms with E-state index in [1.54, 1.807) is 40.7 Å². The molecule has 2 saturated heterocycles. The summed E-state index contributed by atoms with van der Waals surface area (Å²) < 4.78 is 41.3. The van der Waals surface area contributed by atoms with E-state index in [9.17, 15) is 12.8 Å². The summed E-state index contributed by atoms with van der Waals surface area (Å²) in [6, 6.07) is 13.4. The number of fused-ring (bicyclic) bond motifs is 2. The molecule has 2 aromatic carbocycles. The fourth-order valence-corrected chi connectivity index (χ4v) is 6.97. The molecule has 2 aliphatic rings. The van der Waals surface area contributed by atoms with Crippen LogP contribution in [0, 0.1) is 5.82 Å². The Morgan fingerprint density at radius 3 is 1.92 bits per heavy atom. The zero-order chi connectivity index (χ0) is 18.3. The number of sulfonamides is 1. The highest BCUT2D eigenvalue weighted by molar-refractivity contribution is 7.99. The van der Waals surface area contributed by atoms with Crippen LogP contribution in [0.5, 0.6) is 0 Å². The molecule has 2 aromatic rings. The SMILES string of the molecule is CSC1CC2CCC(C1)N2S(=O)(=O)c1ccc(-c2ccc(F)cc2)cc1. The van der Waals surface area contributed by atoms with Gasteiger partial charge in [-0.2, -0.15) is 16.1 Å². The largest absolute Gasteiger partial charge is 0.243 e. The molecule has 0 saturated carbocycles. The summed E-state index contributed by atoms with van der Waals surface area (Å²) in [5, 5.41) is 0.569. The van der Waals surface area contributed by atoms with Crippen molar-refractivity contribution >= 4 is 21.8 Å². The maximum Gasteiger partial charge on any atom is 0.243 e. The number of hydrogen-bond donors (Lipinski definition) is 0. The van der Waals surface area contributed by atoms with Gasteiger partial charge in [-0.3, -0.25) is 0 Å². The molecule has 0 N–H and O–H groups in total. The third kappa shape index (κ3) is 3.19. The number of rotatable bonds is 4. The summed E-state index contributed by atoms with van der Waals surface area (Å²) in [6.45, 7) is 0. The molecule has 2 heterocycles. The minimum atomic E-state index is -3.47. The van der Waals surface area contributed by atoms with Crippen LogP contribution in [0.1, 0.15) is 25.7 Å². The normalized spacial score (nSPS) is 26.2. The molecule has 0 amide bonds. The van der Waals surface area contributed by atoms with E-state index >= 15 is 0 Å². The molecule has 4 rings (SSSR count). The van der Waals surface area contributed by atoms with Gasteiger partial charge in [0.15, 0.2) is 0 Å². The van der Waals surface area contributed by atoms with Crippen molar-refractivity contribution in [1.29, 1.82) is 0 Å². The second-order valence-corrected chi connectivity index (χ2v) is 10.1. The second-order valence-electron chi connectivity index (χ2n) is 7.08. The maximum atomic E-state index is 13.2. The average Bonchev–Trinajstić information content (AvgIpc) is 2.94. The lowest BCUT2D eigenvalue weighted by atomic mass is 10.1. The zero-order valence-electron chi connectivity index (χ0n) is 14.6. The molecule has 138 valence electrons. The minimum Gasteiger partial charge on any atom is -0.207 e. The summed E-state index contributed by atoms with van der Waals surface area (Å²) in [6.07, 6.45) is 5.95. The van der Waals surface area contributed by atoms with Crippen LogP contribution in [0.2, 0.25) is 0 Å². The standard InChI is InChI=1S/C20H22FNO2S2/c1-25-19-12-17-8-9-18(13-19)22(17)26(23,24)20-10-4-15(5-11-20)14-2-6-16(21)7-3-14/h2-7,10-11,17-19H,8-9,12-13H2,1H3. The summed E-state index contributed by atoms with van der Waals surface area (Å²) in [4.78, 5) is 0.350. The minimum absolute atomic E-state index is 0.132. The van der Waals surface area contributed by atoms with Gasteiger partial charge in [0.1, 0.15) is 5.82 Å². The number of piperidine rings is 1. The first-order valence-electron chi connectivity index (χ1n) is 8.91. The Balaban J connectivity index is 1.60. The van der Waals surface area contributed by atoms with Crippen LogP contribution < -0.4 is 0 Å².